The minimum atomic E-state index is -0.257. The van der Waals surface area contributed by atoms with E-state index in [0.717, 1.165) is 18.6 Å². The van der Waals surface area contributed by atoms with Crippen LogP contribution in [0.3, 0.4) is 0 Å². The van der Waals surface area contributed by atoms with Crippen LogP contribution in [0.25, 0.3) is 0 Å². The Labute approximate surface area is 156 Å². The van der Waals surface area contributed by atoms with Crippen LogP contribution in [0.4, 0.5) is 0 Å². The zero-order chi connectivity index (χ0) is 19.0. The monoisotopic (exact) mass is 373 g/mol. The zero-order valence-electron chi connectivity index (χ0n) is 15.5. The number of imidazole rings is 1. The number of nitrogens with zero attached hydrogens (tertiary/aromatic N) is 4. The predicted octanol–water partition coefficient (Wildman–Crippen LogP) is 1.34. The quantitative estimate of drug-likeness (QED) is 0.767. The molecule has 9 heteroatoms. The zero-order valence-corrected chi connectivity index (χ0v) is 15.5. The molecule has 1 fully saturated rings. The number of fused-ring (bicyclic) bond motifs is 1. The fraction of sp³-hybridized carbons (Fsp3) is 0.556. The Kier molecular flexibility index (Phi) is 4.69. The van der Waals surface area contributed by atoms with Gasteiger partial charge in [-0.15, -0.1) is 0 Å². The number of aromatic nitrogens is 3. The van der Waals surface area contributed by atoms with Gasteiger partial charge in [0.1, 0.15) is 17.3 Å². The highest BCUT2D eigenvalue weighted by Gasteiger charge is 2.34. The highest BCUT2D eigenvalue weighted by Crippen LogP contribution is 2.40. The van der Waals surface area contributed by atoms with E-state index in [1.54, 1.807) is 24.3 Å². The molecule has 2 aromatic rings. The van der Waals surface area contributed by atoms with Gasteiger partial charge in [0.25, 0.3) is 11.8 Å². The van der Waals surface area contributed by atoms with E-state index in [4.69, 9.17) is 9.26 Å². The van der Waals surface area contributed by atoms with Crippen molar-refractivity contribution in [2.24, 2.45) is 0 Å². The van der Waals surface area contributed by atoms with Gasteiger partial charge in [0, 0.05) is 44.9 Å². The molecule has 9 nitrogen and oxygen atoms in total. The van der Waals surface area contributed by atoms with Crippen LogP contribution in [0.2, 0.25) is 0 Å². The van der Waals surface area contributed by atoms with Gasteiger partial charge in [-0.25, -0.2) is 4.98 Å². The SMILES string of the molecule is COCCNC(=O)c1cn2c(n1)C(C)N(C(=O)c1cc(C3CC3)on1)CC2. The number of carbonyl (C=O) groups excluding carboxylic acids is 2. The van der Waals surface area contributed by atoms with Crippen LogP contribution >= 0.6 is 0 Å². The molecule has 2 aliphatic rings. The molecule has 2 aromatic heterocycles. The number of amides is 2. The summed E-state index contributed by atoms with van der Waals surface area (Å²) in [6, 6.07) is 1.50. The van der Waals surface area contributed by atoms with E-state index in [-0.39, 0.29) is 17.9 Å². The van der Waals surface area contributed by atoms with E-state index in [1.807, 2.05) is 11.5 Å². The first-order chi connectivity index (χ1) is 13.1. The fourth-order valence-corrected chi connectivity index (χ4v) is 3.33. The summed E-state index contributed by atoms with van der Waals surface area (Å²) in [5, 5.41) is 6.71. The molecule has 0 spiro atoms. The summed E-state index contributed by atoms with van der Waals surface area (Å²) < 4.78 is 12.2. The maximum atomic E-state index is 12.9. The minimum Gasteiger partial charge on any atom is -0.383 e. The Balaban J connectivity index is 1.47. The summed E-state index contributed by atoms with van der Waals surface area (Å²) in [5.41, 5.74) is 0.681. The number of hydrogen-bond donors (Lipinski definition) is 1. The second-order valence-electron chi connectivity index (χ2n) is 6.99. The molecule has 0 saturated heterocycles. The molecule has 2 amide bonds. The smallest absolute Gasteiger partial charge is 0.276 e. The van der Waals surface area contributed by atoms with Gasteiger partial charge in [0.05, 0.1) is 12.6 Å². The number of carbonyl (C=O) groups is 2. The van der Waals surface area contributed by atoms with Gasteiger partial charge in [0.15, 0.2) is 5.69 Å². The van der Waals surface area contributed by atoms with E-state index in [0.29, 0.717) is 49.4 Å². The van der Waals surface area contributed by atoms with E-state index >= 15 is 0 Å². The van der Waals surface area contributed by atoms with Gasteiger partial charge in [-0.05, 0) is 19.8 Å². The van der Waals surface area contributed by atoms with Crippen LogP contribution in [0.5, 0.6) is 0 Å². The van der Waals surface area contributed by atoms with Gasteiger partial charge >= 0.3 is 0 Å². The van der Waals surface area contributed by atoms with Crippen molar-refractivity contribution in [1.82, 2.24) is 24.9 Å². The standard InChI is InChI=1S/C18H23N5O4/c1-11-16-20-14(17(24)19-5-8-26-2)10-22(16)6-7-23(11)18(25)13-9-15(27-21-13)12-3-4-12/h9-12H,3-8H2,1-2H3,(H,19,24). The van der Waals surface area contributed by atoms with Crippen LogP contribution in [-0.4, -0.2) is 58.2 Å². The molecular formula is C18H23N5O4. The minimum absolute atomic E-state index is 0.168. The maximum Gasteiger partial charge on any atom is 0.276 e. The Morgan fingerprint density at radius 2 is 2.15 bits per heavy atom. The van der Waals surface area contributed by atoms with Crippen LogP contribution in [0, 0.1) is 0 Å². The van der Waals surface area contributed by atoms with E-state index in [2.05, 4.69) is 15.5 Å². The van der Waals surface area contributed by atoms with Gasteiger partial charge in [-0.1, -0.05) is 5.16 Å². The largest absolute Gasteiger partial charge is 0.383 e. The van der Waals surface area contributed by atoms with Crippen molar-refractivity contribution in [2.45, 2.75) is 38.3 Å². The average Bonchev–Trinajstić information content (AvgIpc) is 3.22. The summed E-state index contributed by atoms with van der Waals surface area (Å²) in [4.78, 5) is 31.3. The number of rotatable bonds is 6. The second kappa shape index (κ2) is 7.15. The van der Waals surface area contributed by atoms with Crippen molar-refractivity contribution < 1.29 is 18.8 Å². The predicted molar refractivity (Wildman–Crippen MR) is 94.4 cm³/mol. The maximum absolute atomic E-state index is 12.9. The summed E-state index contributed by atoms with van der Waals surface area (Å²) in [6.45, 7) is 3.88. The van der Waals surface area contributed by atoms with Gasteiger partial charge in [0.2, 0.25) is 0 Å². The van der Waals surface area contributed by atoms with Crippen molar-refractivity contribution in [2.75, 3.05) is 26.8 Å². The highest BCUT2D eigenvalue weighted by molar-refractivity contribution is 5.93. The molecule has 1 N–H and O–H groups in total. The van der Waals surface area contributed by atoms with Gasteiger partial charge < -0.3 is 24.0 Å². The fourth-order valence-electron chi connectivity index (χ4n) is 3.33. The molecule has 0 bridgehead atoms. The number of ether oxygens (including phenoxy) is 1. The second-order valence-corrected chi connectivity index (χ2v) is 6.99. The number of hydrogen-bond acceptors (Lipinski definition) is 6. The number of methoxy groups -OCH3 is 1. The van der Waals surface area contributed by atoms with E-state index in [1.165, 1.54) is 0 Å². The van der Waals surface area contributed by atoms with Crippen molar-refractivity contribution in [3.05, 3.63) is 35.2 Å². The van der Waals surface area contributed by atoms with Crippen molar-refractivity contribution in [3.8, 4) is 0 Å². The molecule has 3 heterocycles. The lowest BCUT2D eigenvalue weighted by molar-refractivity contribution is 0.0627. The third kappa shape index (κ3) is 3.46. The Morgan fingerprint density at radius 1 is 1.33 bits per heavy atom. The van der Waals surface area contributed by atoms with Crippen LogP contribution in [0.15, 0.2) is 16.8 Å². The molecule has 1 atom stereocenters. The number of nitrogens with one attached hydrogen (secondary N) is 1. The molecule has 0 radical (unpaired) electrons. The molecule has 1 aliphatic carbocycles. The average molecular weight is 373 g/mol. The summed E-state index contributed by atoms with van der Waals surface area (Å²) in [5.74, 6) is 1.48. The normalized spacial score (nSPS) is 19.0. The van der Waals surface area contributed by atoms with Crippen LogP contribution in [-0.2, 0) is 11.3 Å². The lowest BCUT2D eigenvalue weighted by Gasteiger charge is -2.33. The van der Waals surface area contributed by atoms with Crippen LogP contribution < -0.4 is 5.32 Å². The molecule has 0 aromatic carbocycles. The molecule has 4 rings (SSSR count). The van der Waals surface area contributed by atoms with E-state index in [9.17, 15) is 9.59 Å². The van der Waals surface area contributed by atoms with Gasteiger partial charge in [-0.3, -0.25) is 9.59 Å². The van der Waals surface area contributed by atoms with Crippen molar-refractivity contribution >= 4 is 11.8 Å². The van der Waals surface area contributed by atoms with Crippen molar-refractivity contribution in [3.63, 3.8) is 0 Å². The Bertz CT molecular complexity index is 854. The lowest BCUT2D eigenvalue weighted by atomic mass is 10.2. The summed E-state index contributed by atoms with van der Waals surface area (Å²) in [6.07, 6.45) is 3.92. The lowest BCUT2D eigenvalue weighted by Crippen LogP contribution is -2.41. The van der Waals surface area contributed by atoms with Gasteiger partial charge in [-0.2, -0.15) is 0 Å². The van der Waals surface area contributed by atoms with E-state index < -0.39 is 0 Å². The summed E-state index contributed by atoms with van der Waals surface area (Å²) >= 11 is 0. The van der Waals surface area contributed by atoms with Crippen molar-refractivity contribution in [1.29, 1.82) is 0 Å². The summed E-state index contributed by atoms with van der Waals surface area (Å²) in [7, 11) is 1.58. The molecular weight excluding hydrogens is 350 g/mol. The first-order valence-corrected chi connectivity index (χ1v) is 9.20. The molecule has 1 aliphatic heterocycles. The topological polar surface area (TPSA) is 102 Å². The Morgan fingerprint density at radius 3 is 2.89 bits per heavy atom. The molecule has 1 unspecified atom stereocenters. The first kappa shape index (κ1) is 17.7. The first-order valence-electron chi connectivity index (χ1n) is 9.20. The molecule has 144 valence electrons. The highest BCUT2D eigenvalue weighted by atomic mass is 16.5. The molecule has 1 saturated carbocycles. The third-order valence-electron chi connectivity index (χ3n) is 5.04. The molecule has 27 heavy (non-hydrogen) atoms. The third-order valence-corrected chi connectivity index (χ3v) is 5.04. The Hall–Kier alpha value is -2.68. The van der Waals surface area contributed by atoms with Crippen LogP contribution in [0.1, 0.15) is 64.3 Å².